The van der Waals surface area contributed by atoms with Crippen molar-refractivity contribution in [1.29, 1.82) is 5.26 Å². The van der Waals surface area contributed by atoms with E-state index in [4.69, 9.17) is 5.26 Å². The van der Waals surface area contributed by atoms with Crippen molar-refractivity contribution in [3.8, 4) is 6.07 Å². The van der Waals surface area contributed by atoms with Gasteiger partial charge >= 0.3 is 6.18 Å². The van der Waals surface area contributed by atoms with Crippen LogP contribution in [0.5, 0.6) is 0 Å². The first kappa shape index (κ1) is 12.8. The molecular formula is C10H3F3IN3O. The fourth-order valence-electron chi connectivity index (χ4n) is 1.37. The first-order chi connectivity index (χ1) is 8.34. The van der Waals surface area contributed by atoms with Crippen LogP contribution in [-0.2, 0) is 6.18 Å². The molecule has 0 radical (unpaired) electrons. The molecule has 0 fully saturated rings. The Balaban J connectivity index is 2.90. The van der Waals surface area contributed by atoms with Crippen LogP contribution in [0.4, 0.5) is 13.2 Å². The summed E-state index contributed by atoms with van der Waals surface area (Å²) in [5.74, 6) is 0. The molecule has 0 saturated carbocycles. The highest BCUT2D eigenvalue weighted by atomic mass is 127. The van der Waals surface area contributed by atoms with Crippen LogP contribution < -0.4 is 5.56 Å². The number of nitriles is 1. The molecule has 18 heavy (non-hydrogen) atoms. The number of fused-ring (bicyclic) bond motifs is 1. The van der Waals surface area contributed by atoms with Crippen molar-refractivity contribution in [2.24, 2.45) is 0 Å². The number of nitrogens with zero attached hydrogens (tertiary/aromatic N) is 3. The summed E-state index contributed by atoms with van der Waals surface area (Å²) in [6.45, 7) is 0. The smallest absolute Gasteiger partial charge is 0.268 e. The van der Waals surface area contributed by atoms with E-state index in [0.29, 0.717) is 0 Å². The van der Waals surface area contributed by atoms with Crippen LogP contribution >= 0.6 is 22.6 Å². The average molecular weight is 365 g/mol. The normalized spacial score (nSPS) is 11.5. The van der Waals surface area contributed by atoms with Crippen LogP contribution in [0, 0.1) is 14.9 Å². The Morgan fingerprint density at radius 1 is 1.44 bits per heavy atom. The highest BCUT2D eigenvalue weighted by molar-refractivity contribution is 14.1. The summed E-state index contributed by atoms with van der Waals surface area (Å²) >= 11 is 1.32. The lowest BCUT2D eigenvalue weighted by Crippen LogP contribution is -2.24. The van der Waals surface area contributed by atoms with Gasteiger partial charge in [-0.15, -0.1) is 0 Å². The molecule has 0 atom stereocenters. The molecule has 92 valence electrons. The van der Waals surface area contributed by atoms with Gasteiger partial charge < -0.3 is 0 Å². The van der Waals surface area contributed by atoms with Gasteiger partial charge in [-0.1, -0.05) is 0 Å². The van der Waals surface area contributed by atoms with Gasteiger partial charge in [0.15, 0.2) is 5.69 Å². The minimum Gasteiger partial charge on any atom is -0.268 e. The predicted molar refractivity (Wildman–Crippen MR) is 63.9 cm³/mol. The van der Waals surface area contributed by atoms with Crippen molar-refractivity contribution < 1.29 is 13.2 Å². The third kappa shape index (κ3) is 2.05. The second-order valence-electron chi connectivity index (χ2n) is 3.33. The quantitative estimate of drug-likeness (QED) is 0.673. The maximum Gasteiger partial charge on any atom is 0.434 e. The topological polar surface area (TPSA) is 58.2 Å². The van der Waals surface area contributed by atoms with Crippen molar-refractivity contribution in [2.75, 3.05) is 0 Å². The zero-order chi connectivity index (χ0) is 13.5. The number of hydrogen-bond acceptors (Lipinski definition) is 3. The summed E-state index contributed by atoms with van der Waals surface area (Å²) in [5, 5.41) is 8.66. The second kappa shape index (κ2) is 4.24. The van der Waals surface area contributed by atoms with Crippen LogP contribution in [0.25, 0.3) is 5.65 Å². The Hall–Kier alpha value is -1.63. The fraction of sp³-hybridized carbons (Fsp3) is 0.100. The molecule has 0 unspecified atom stereocenters. The molecule has 2 rings (SSSR count). The van der Waals surface area contributed by atoms with Crippen molar-refractivity contribution in [1.82, 2.24) is 9.38 Å². The molecule has 0 aliphatic carbocycles. The zero-order valence-corrected chi connectivity index (χ0v) is 10.7. The Kier molecular flexibility index (Phi) is 3.02. The summed E-state index contributed by atoms with van der Waals surface area (Å²) in [7, 11) is 0. The molecule has 8 heteroatoms. The molecule has 2 aromatic heterocycles. The molecule has 0 saturated heterocycles. The minimum atomic E-state index is -4.70. The van der Waals surface area contributed by atoms with Crippen LogP contribution in [0.1, 0.15) is 11.3 Å². The first-order valence-electron chi connectivity index (χ1n) is 4.54. The van der Waals surface area contributed by atoms with E-state index >= 15 is 0 Å². The SMILES string of the molecule is N#Cc1ccn2c(=O)c(I)c(C(F)(F)F)nc2c1. The van der Waals surface area contributed by atoms with E-state index in [1.54, 1.807) is 6.07 Å². The molecule has 0 aliphatic heterocycles. The standard InChI is InChI=1S/C10H3F3IN3O/c11-10(12,13)8-7(14)9(18)17-2-1-5(4-15)3-6(17)16-8/h1-3H. The predicted octanol–water partition coefficient (Wildman–Crippen LogP) is 2.19. The lowest BCUT2D eigenvalue weighted by Gasteiger charge is -2.09. The van der Waals surface area contributed by atoms with Crippen LogP contribution in [0.2, 0.25) is 0 Å². The van der Waals surface area contributed by atoms with Gasteiger partial charge in [0.1, 0.15) is 9.22 Å². The van der Waals surface area contributed by atoms with Crippen molar-refractivity contribution in [2.45, 2.75) is 6.18 Å². The number of hydrogen-bond donors (Lipinski definition) is 0. The Morgan fingerprint density at radius 2 is 2.11 bits per heavy atom. The maximum atomic E-state index is 12.7. The van der Waals surface area contributed by atoms with Crippen molar-refractivity contribution >= 4 is 28.2 Å². The fourth-order valence-corrected chi connectivity index (χ4v) is 2.06. The summed E-state index contributed by atoms with van der Waals surface area (Å²) in [6.07, 6.45) is -3.47. The number of alkyl halides is 3. The molecular weight excluding hydrogens is 362 g/mol. The minimum absolute atomic E-state index is 0.135. The molecule has 0 aliphatic rings. The molecule has 2 aromatic rings. The van der Waals surface area contributed by atoms with E-state index in [-0.39, 0.29) is 11.2 Å². The molecule has 0 amide bonds. The third-order valence-electron chi connectivity index (χ3n) is 2.17. The average Bonchev–Trinajstić information content (AvgIpc) is 2.31. The molecule has 0 N–H and O–H groups in total. The number of pyridine rings is 1. The zero-order valence-electron chi connectivity index (χ0n) is 8.49. The van der Waals surface area contributed by atoms with Crippen molar-refractivity contribution in [3.63, 3.8) is 0 Å². The molecule has 0 aromatic carbocycles. The number of rotatable bonds is 0. The molecule has 0 bridgehead atoms. The lowest BCUT2D eigenvalue weighted by atomic mass is 10.3. The van der Waals surface area contributed by atoms with Crippen LogP contribution in [-0.4, -0.2) is 9.38 Å². The van der Waals surface area contributed by atoms with Gasteiger partial charge in [0.05, 0.1) is 11.6 Å². The van der Waals surface area contributed by atoms with Gasteiger partial charge in [-0.3, -0.25) is 9.20 Å². The van der Waals surface area contributed by atoms with Gasteiger partial charge in [-0.25, -0.2) is 4.98 Å². The highest BCUT2D eigenvalue weighted by Crippen LogP contribution is 2.30. The highest BCUT2D eigenvalue weighted by Gasteiger charge is 2.36. The van der Waals surface area contributed by atoms with E-state index in [2.05, 4.69) is 4.98 Å². The number of aromatic nitrogens is 2. The Bertz CT molecular complexity index is 730. The van der Waals surface area contributed by atoms with Gasteiger partial charge in [0.2, 0.25) is 0 Å². The molecule has 0 spiro atoms. The van der Waals surface area contributed by atoms with E-state index in [0.717, 1.165) is 10.5 Å². The monoisotopic (exact) mass is 365 g/mol. The van der Waals surface area contributed by atoms with E-state index < -0.39 is 21.0 Å². The van der Waals surface area contributed by atoms with E-state index in [1.165, 1.54) is 34.9 Å². The van der Waals surface area contributed by atoms with E-state index in [1.807, 2.05) is 0 Å². The Labute approximate surface area is 112 Å². The first-order valence-corrected chi connectivity index (χ1v) is 5.61. The largest absolute Gasteiger partial charge is 0.434 e. The summed E-state index contributed by atoms with van der Waals surface area (Å²) < 4.78 is 38.4. The van der Waals surface area contributed by atoms with Gasteiger partial charge in [0.25, 0.3) is 5.56 Å². The van der Waals surface area contributed by atoms with Gasteiger partial charge in [0, 0.05) is 6.20 Å². The van der Waals surface area contributed by atoms with E-state index in [9.17, 15) is 18.0 Å². The third-order valence-corrected chi connectivity index (χ3v) is 3.15. The lowest BCUT2D eigenvalue weighted by molar-refractivity contribution is -0.141. The Morgan fingerprint density at radius 3 is 2.67 bits per heavy atom. The summed E-state index contributed by atoms with van der Waals surface area (Å²) in [6, 6.07) is 4.24. The van der Waals surface area contributed by atoms with Crippen LogP contribution in [0.15, 0.2) is 23.1 Å². The second-order valence-corrected chi connectivity index (χ2v) is 4.41. The summed E-state index contributed by atoms with van der Waals surface area (Å²) in [5.41, 5.74) is -2.11. The van der Waals surface area contributed by atoms with Gasteiger partial charge in [-0.05, 0) is 34.7 Å². The molecule has 4 nitrogen and oxygen atoms in total. The number of halogens is 4. The molecule has 2 heterocycles. The van der Waals surface area contributed by atoms with Crippen LogP contribution in [0.3, 0.4) is 0 Å². The van der Waals surface area contributed by atoms with Gasteiger partial charge in [-0.2, -0.15) is 18.4 Å². The summed E-state index contributed by atoms with van der Waals surface area (Å²) in [4.78, 5) is 15.1. The van der Waals surface area contributed by atoms with Crippen molar-refractivity contribution in [3.05, 3.63) is 43.5 Å². The maximum absolute atomic E-state index is 12.7.